The molecule has 2 rings (SSSR count). The quantitative estimate of drug-likeness (QED) is 0.826. The van der Waals surface area contributed by atoms with Crippen LogP contribution in [0.15, 0.2) is 48.5 Å². The van der Waals surface area contributed by atoms with Crippen LogP contribution in [0.4, 0.5) is 0 Å². The van der Waals surface area contributed by atoms with E-state index >= 15 is 0 Å². The van der Waals surface area contributed by atoms with E-state index in [0.717, 1.165) is 0 Å². The maximum atomic E-state index is 12.6. The van der Waals surface area contributed by atoms with Crippen LogP contribution in [0.1, 0.15) is 33.2 Å². The third-order valence-electron chi connectivity index (χ3n) is 3.32. The van der Waals surface area contributed by atoms with E-state index < -0.39 is 0 Å². The maximum Gasteiger partial charge on any atom is 0.252 e. The Kier molecular flexibility index (Phi) is 5.90. The highest BCUT2D eigenvalue weighted by Gasteiger charge is 2.19. The van der Waals surface area contributed by atoms with Crippen LogP contribution in [0.25, 0.3) is 0 Å². The molecule has 23 heavy (non-hydrogen) atoms. The topological polar surface area (TPSA) is 55.4 Å². The number of methoxy groups -OCH3 is 1. The van der Waals surface area contributed by atoms with Gasteiger partial charge in [-0.15, -0.1) is 0 Å². The average molecular weight is 332 g/mol. The predicted octanol–water partition coefficient (Wildman–Crippen LogP) is 3.34. The molecule has 0 spiro atoms. The van der Waals surface area contributed by atoms with Gasteiger partial charge in [-0.2, -0.15) is 0 Å². The van der Waals surface area contributed by atoms with E-state index in [-0.39, 0.29) is 17.7 Å². The van der Waals surface area contributed by atoms with Gasteiger partial charge in [-0.3, -0.25) is 9.59 Å². The Labute approximate surface area is 140 Å². The Morgan fingerprint density at radius 2 is 1.70 bits per heavy atom. The van der Waals surface area contributed by atoms with Crippen molar-refractivity contribution in [2.24, 2.45) is 0 Å². The zero-order valence-corrected chi connectivity index (χ0v) is 13.8. The van der Waals surface area contributed by atoms with Crippen molar-refractivity contribution in [1.29, 1.82) is 0 Å². The van der Waals surface area contributed by atoms with Crippen molar-refractivity contribution in [3.8, 4) is 0 Å². The number of amides is 1. The number of halogens is 1. The van der Waals surface area contributed by atoms with Crippen LogP contribution in [0.3, 0.4) is 0 Å². The summed E-state index contributed by atoms with van der Waals surface area (Å²) in [5, 5.41) is 3.37. The molecule has 4 nitrogen and oxygen atoms in total. The molecule has 2 aromatic carbocycles. The van der Waals surface area contributed by atoms with Gasteiger partial charge >= 0.3 is 0 Å². The maximum absolute atomic E-state index is 12.6. The normalized spacial score (nSPS) is 11.8. The minimum absolute atomic E-state index is 0.147. The number of carbonyl (C=O) groups excluding carboxylic acids is 2. The van der Waals surface area contributed by atoms with Crippen molar-refractivity contribution in [1.82, 2.24) is 5.32 Å². The monoisotopic (exact) mass is 331 g/mol. The van der Waals surface area contributed by atoms with E-state index in [1.54, 1.807) is 55.6 Å². The van der Waals surface area contributed by atoms with Gasteiger partial charge < -0.3 is 10.1 Å². The van der Waals surface area contributed by atoms with Crippen LogP contribution in [0, 0.1) is 0 Å². The average Bonchev–Trinajstić information content (AvgIpc) is 2.55. The van der Waals surface area contributed by atoms with Crippen LogP contribution in [0.2, 0.25) is 5.02 Å². The molecule has 0 fully saturated rings. The van der Waals surface area contributed by atoms with E-state index in [4.69, 9.17) is 16.3 Å². The first-order valence-corrected chi connectivity index (χ1v) is 7.60. The largest absolute Gasteiger partial charge is 0.383 e. The SMILES string of the molecule is COC[C@H](C)NC(=O)c1ccccc1C(=O)c1ccc(Cl)cc1. The molecule has 0 saturated carbocycles. The van der Waals surface area contributed by atoms with Gasteiger partial charge in [0, 0.05) is 29.3 Å². The summed E-state index contributed by atoms with van der Waals surface area (Å²) >= 11 is 5.84. The van der Waals surface area contributed by atoms with Crippen LogP contribution < -0.4 is 5.32 Å². The molecule has 0 saturated heterocycles. The summed E-state index contributed by atoms with van der Waals surface area (Å²) in [6, 6.07) is 13.2. The standard InChI is InChI=1S/C18H18ClNO3/c1-12(11-23-2)20-18(22)16-6-4-3-5-15(16)17(21)13-7-9-14(19)10-8-13/h3-10,12H,11H2,1-2H3,(H,20,22)/t12-/m0/s1. The number of carbonyl (C=O) groups is 2. The Balaban J connectivity index is 2.28. The fourth-order valence-corrected chi connectivity index (χ4v) is 2.36. The number of hydrogen-bond acceptors (Lipinski definition) is 3. The molecule has 0 aliphatic heterocycles. The molecule has 1 atom stereocenters. The van der Waals surface area contributed by atoms with E-state index in [2.05, 4.69) is 5.32 Å². The minimum atomic E-state index is -0.299. The molecule has 0 aliphatic carbocycles. The van der Waals surface area contributed by atoms with Crippen molar-refractivity contribution in [2.75, 3.05) is 13.7 Å². The summed E-state index contributed by atoms with van der Waals surface area (Å²) in [6.45, 7) is 2.24. The van der Waals surface area contributed by atoms with Crippen molar-refractivity contribution in [3.05, 3.63) is 70.2 Å². The first kappa shape index (κ1) is 17.2. The smallest absolute Gasteiger partial charge is 0.252 e. The Bertz CT molecular complexity index is 698. The number of nitrogens with one attached hydrogen (secondary N) is 1. The third kappa shape index (κ3) is 4.41. The fourth-order valence-electron chi connectivity index (χ4n) is 2.23. The summed E-state index contributed by atoms with van der Waals surface area (Å²) in [6.07, 6.45) is 0. The number of benzene rings is 2. The van der Waals surface area contributed by atoms with Crippen LogP contribution >= 0.6 is 11.6 Å². The van der Waals surface area contributed by atoms with Gasteiger partial charge in [-0.1, -0.05) is 29.8 Å². The lowest BCUT2D eigenvalue weighted by atomic mass is 9.98. The lowest BCUT2D eigenvalue weighted by molar-refractivity contribution is 0.0898. The summed E-state index contributed by atoms with van der Waals surface area (Å²) in [7, 11) is 1.57. The summed E-state index contributed by atoms with van der Waals surface area (Å²) in [4.78, 5) is 25.0. The fraction of sp³-hybridized carbons (Fsp3) is 0.222. The van der Waals surface area contributed by atoms with Crippen LogP contribution in [0.5, 0.6) is 0 Å². The number of rotatable bonds is 6. The van der Waals surface area contributed by atoms with Gasteiger partial charge in [0.25, 0.3) is 5.91 Å². The number of ether oxygens (including phenoxy) is 1. The molecule has 0 aliphatic rings. The van der Waals surface area contributed by atoms with Gasteiger partial charge in [-0.05, 0) is 37.3 Å². The molecular formula is C18H18ClNO3. The highest BCUT2D eigenvalue weighted by Crippen LogP contribution is 2.17. The Morgan fingerprint density at radius 3 is 2.30 bits per heavy atom. The number of ketones is 1. The van der Waals surface area contributed by atoms with Gasteiger partial charge in [0.15, 0.2) is 5.78 Å². The zero-order chi connectivity index (χ0) is 16.8. The van der Waals surface area contributed by atoms with Gasteiger partial charge in [0.05, 0.1) is 12.2 Å². The molecule has 0 unspecified atom stereocenters. The molecule has 1 amide bonds. The van der Waals surface area contributed by atoms with Crippen LogP contribution in [-0.2, 0) is 4.74 Å². The van der Waals surface area contributed by atoms with E-state index in [9.17, 15) is 9.59 Å². The molecule has 0 heterocycles. The molecule has 2 aromatic rings. The first-order chi connectivity index (χ1) is 11.0. The highest BCUT2D eigenvalue weighted by atomic mass is 35.5. The second-order valence-corrected chi connectivity index (χ2v) is 5.65. The third-order valence-corrected chi connectivity index (χ3v) is 3.57. The highest BCUT2D eigenvalue weighted by molar-refractivity contribution is 6.30. The van der Waals surface area contributed by atoms with E-state index in [1.165, 1.54) is 0 Å². The lowest BCUT2D eigenvalue weighted by Gasteiger charge is -2.14. The lowest BCUT2D eigenvalue weighted by Crippen LogP contribution is -2.36. The predicted molar refractivity (Wildman–Crippen MR) is 90.1 cm³/mol. The summed E-state index contributed by atoms with van der Waals surface area (Å²) in [5.74, 6) is -0.515. The second kappa shape index (κ2) is 7.90. The summed E-state index contributed by atoms with van der Waals surface area (Å²) in [5.41, 5.74) is 1.19. The molecule has 0 bridgehead atoms. The first-order valence-electron chi connectivity index (χ1n) is 7.22. The van der Waals surface area contributed by atoms with Crippen molar-refractivity contribution >= 4 is 23.3 Å². The van der Waals surface area contributed by atoms with E-state index in [0.29, 0.717) is 28.3 Å². The van der Waals surface area contributed by atoms with Crippen molar-refractivity contribution in [3.63, 3.8) is 0 Å². The number of hydrogen-bond donors (Lipinski definition) is 1. The van der Waals surface area contributed by atoms with Crippen LogP contribution in [-0.4, -0.2) is 31.4 Å². The minimum Gasteiger partial charge on any atom is -0.383 e. The second-order valence-electron chi connectivity index (χ2n) is 5.21. The van der Waals surface area contributed by atoms with Crippen molar-refractivity contribution in [2.45, 2.75) is 13.0 Å². The Hall–Kier alpha value is -2.17. The van der Waals surface area contributed by atoms with Gasteiger partial charge in [-0.25, -0.2) is 0 Å². The molecule has 0 radical (unpaired) electrons. The molecule has 0 aromatic heterocycles. The van der Waals surface area contributed by atoms with Gasteiger partial charge in [0.2, 0.25) is 0 Å². The Morgan fingerprint density at radius 1 is 1.09 bits per heavy atom. The van der Waals surface area contributed by atoms with Crippen molar-refractivity contribution < 1.29 is 14.3 Å². The molecule has 5 heteroatoms. The zero-order valence-electron chi connectivity index (χ0n) is 13.0. The molecular weight excluding hydrogens is 314 g/mol. The molecule has 1 N–H and O–H groups in total. The van der Waals surface area contributed by atoms with Gasteiger partial charge in [0.1, 0.15) is 0 Å². The molecule has 120 valence electrons. The summed E-state index contributed by atoms with van der Waals surface area (Å²) < 4.78 is 5.00. The van der Waals surface area contributed by atoms with E-state index in [1.807, 2.05) is 6.92 Å².